The van der Waals surface area contributed by atoms with Crippen molar-refractivity contribution in [1.82, 2.24) is 0 Å². The molecule has 0 aromatic heterocycles. The fraction of sp³-hybridized carbons (Fsp3) is 0.875. The molecule has 0 aromatic carbocycles. The Morgan fingerprint density at radius 1 is 0.889 bits per heavy atom. The molecule has 3 aliphatic carbocycles. The van der Waals surface area contributed by atoms with Crippen LogP contribution in [0.4, 0.5) is 0 Å². The summed E-state index contributed by atoms with van der Waals surface area (Å²) in [5, 5.41) is 0. The SMILES string of the molecule is C1CC2CC[C-]1CC2.[Li+]. The first-order chi connectivity index (χ1) is 3.95. The van der Waals surface area contributed by atoms with Crippen LogP contribution < -0.4 is 18.9 Å². The van der Waals surface area contributed by atoms with Gasteiger partial charge < -0.3 is 5.92 Å². The molecule has 3 saturated carbocycles. The number of hydrogen-bond donors (Lipinski definition) is 0. The van der Waals surface area contributed by atoms with Crippen LogP contribution in [-0.4, -0.2) is 0 Å². The van der Waals surface area contributed by atoms with Crippen LogP contribution in [0.1, 0.15) is 38.5 Å². The van der Waals surface area contributed by atoms with E-state index in [2.05, 4.69) is 0 Å². The van der Waals surface area contributed by atoms with Crippen molar-refractivity contribution in [2.45, 2.75) is 38.5 Å². The second-order valence-electron chi connectivity index (χ2n) is 3.23. The number of rotatable bonds is 0. The van der Waals surface area contributed by atoms with Crippen molar-refractivity contribution in [2.24, 2.45) is 5.92 Å². The molecule has 3 fully saturated rings. The van der Waals surface area contributed by atoms with Gasteiger partial charge in [-0.05, 0) is 5.92 Å². The largest absolute Gasteiger partial charge is 1.00 e. The van der Waals surface area contributed by atoms with Gasteiger partial charge in [0.15, 0.2) is 0 Å². The minimum absolute atomic E-state index is 0. The van der Waals surface area contributed by atoms with E-state index < -0.39 is 0 Å². The normalized spacial score (nSPS) is 28.0. The van der Waals surface area contributed by atoms with Gasteiger partial charge in [-0.25, -0.2) is 0 Å². The van der Waals surface area contributed by atoms with Gasteiger partial charge in [-0.2, -0.15) is 19.3 Å². The van der Waals surface area contributed by atoms with Crippen LogP contribution >= 0.6 is 0 Å². The van der Waals surface area contributed by atoms with Crippen molar-refractivity contribution >= 4 is 0 Å². The molecule has 0 saturated heterocycles. The molecule has 0 N–H and O–H groups in total. The third-order valence-corrected chi connectivity index (χ3v) is 2.72. The first kappa shape index (κ1) is 7.70. The molecular formula is C8H13Li. The van der Waals surface area contributed by atoms with Gasteiger partial charge >= 0.3 is 18.9 Å². The summed E-state index contributed by atoms with van der Waals surface area (Å²) in [6, 6.07) is 0. The summed E-state index contributed by atoms with van der Waals surface area (Å²) < 4.78 is 0. The Labute approximate surface area is 69.6 Å². The topological polar surface area (TPSA) is 0 Å². The maximum Gasteiger partial charge on any atom is 1.00 e. The van der Waals surface area contributed by atoms with Crippen LogP contribution in [0.5, 0.6) is 0 Å². The quantitative estimate of drug-likeness (QED) is 0.297. The molecule has 0 unspecified atom stereocenters. The zero-order valence-electron chi connectivity index (χ0n) is 6.32. The number of fused-ring (bicyclic) bond motifs is 3. The van der Waals surface area contributed by atoms with E-state index >= 15 is 0 Å². The smallest absolute Gasteiger partial charge is 0.314 e. The van der Waals surface area contributed by atoms with E-state index in [1.54, 1.807) is 0 Å². The molecule has 1 heteroatoms. The van der Waals surface area contributed by atoms with Crippen LogP contribution in [0.15, 0.2) is 0 Å². The van der Waals surface area contributed by atoms with E-state index in [1.807, 2.05) is 5.92 Å². The summed E-state index contributed by atoms with van der Waals surface area (Å²) in [5.41, 5.74) is 0. The van der Waals surface area contributed by atoms with Gasteiger partial charge in [0.05, 0.1) is 0 Å². The van der Waals surface area contributed by atoms with Gasteiger partial charge in [-0.1, -0.05) is 19.3 Å². The molecule has 46 valence electrons. The van der Waals surface area contributed by atoms with E-state index in [9.17, 15) is 0 Å². The summed E-state index contributed by atoms with van der Waals surface area (Å²) in [5.74, 6) is 3.00. The van der Waals surface area contributed by atoms with E-state index in [1.165, 1.54) is 38.5 Å². The van der Waals surface area contributed by atoms with Crippen molar-refractivity contribution in [2.75, 3.05) is 0 Å². The predicted molar refractivity (Wildman–Crippen MR) is 34.4 cm³/mol. The third-order valence-electron chi connectivity index (χ3n) is 2.72. The molecule has 3 aliphatic rings. The second kappa shape index (κ2) is 3.13. The van der Waals surface area contributed by atoms with Crippen molar-refractivity contribution in [3.63, 3.8) is 0 Å². The van der Waals surface area contributed by atoms with Crippen molar-refractivity contribution in [1.29, 1.82) is 0 Å². The Kier molecular flexibility index (Phi) is 2.68. The zero-order valence-corrected chi connectivity index (χ0v) is 6.32. The van der Waals surface area contributed by atoms with Crippen LogP contribution in [0, 0.1) is 11.8 Å². The molecule has 0 nitrogen and oxygen atoms in total. The van der Waals surface area contributed by atoms with E-state index in [0.29, 0.717) is 0 Å². The fourth-order valence-electron chi connectivity index (χ4n) is 2.03. The first-order valence-electron chi connectivity index (χ1n) is 3.79. The molecule has 0 aliphatic heterocycles. The third kappa shape index (κ3) is 1.54. The van der Waals surface area contributed by atoms with Gasteiger partial charge in [0.1, 0.15) is 0 Å². The Hall–Kier alpha value is 0.597. The Bertz CT molecular complexity index is 59.5. The van der Waals surface area contributed by atoms with Crippen LogP contribution in [0.3, 0.4) is 0 Å². The summed E-state index contributed by atoms with van der Waals surface area (Å²) in [6.07, 6.45) is 9.00. The molecule has 0 radical (unpaired) electrons. The van der Waals surface area contributed by atoms with Gasteiger partial charge in [0.25, 0.3) is 0 Å². The molecule has 0 spiro atoms. The monoisotopic (exact) mass is 116 g/mol. The van der Waals surface area contributed by atoms with E-state index in [4.69, 9.17) is 0 Å². The molecule has 3 rings (SSSR count). The predicted octanol–water partition coefficient (Wildman–Crippen LogP) is -0.451. The van der Waals surface area contributed by atoms with Gasteiger partial charge in [0.2, 0.25) is 0 Å². The standard InChI is InChI=1S/C8H13.Li/c1-2-8-5-3-7(1)4-6-8;/h7H,1-6H2;/q-1;+1. The molecule has 0 atom stereocenters. The molecular weight excluding hydrogens is 103 g/mol. The molecule has 2 bridgehead atoms. The van der Waals surface area contributed by atoms with Crippen molar-refractivity contribution in [3.05, 3.63) is 5.92 Å². The van der Waals surface area contributed by atoms with Crippen molar-refractivity contribution in [3.8, 4) is 0 Å². The number of hydrogen-bond acceptors (Lipinski definition) is 0. The van der Waals surface area contributed by atoms with Gasteiger partial charge in [-0.3, -0.25) is 0 Å². The Morgan fingerprint density at radius 3 is 1.44 bits per heavy atom. The minimum Gasteiger partial charge on any atom is -0.314 e. The van der Waals surface area contributed by atoms with Crippen LogP contribution in [0.25, 0.3) is 0 Å². The van der Waals surface area contributed by atoms with Gasteiger partial charge in [-0.15, -0.1) is 0 Å². The van der Waals surface area contributed by atoms with E-state index in [0.717, 1.165) is 5.92 Å². The van der Waals surface area contributed by atoms with Gasteiger partial charge in [0, 0.05) is 0 Å². The maximum atomic E-state index is 1.87. The zero-order chi connectivity index (χ0) is 5.40. The average Bonchev–Trinajstić information content (AvgIpc) is 1.92. The molecule has 9 heavy (non-hydrogen) atoms. The summed E-state index contributed by atoms with van der Waals surface area (Å²) in [7, 11) is 0. The molecule has 0 aromatic rings. The summed E-state index contributed by atoms with van der Waals surface area (Å²) in [4.78, 5) is 0. The molecule has 0 heterocycles. The van der Waals surface area contributed by atoms with Crippen LogP contribution in [0.2, 0.25) is 0 Å². The minimum atomic E-state index is 0. The van der Waals surface area contributed by atoms with E-state index in [-0.39, 0.29) is 18.9 Å². The first-order valence-corrected chi connectivity index (χ1v) is 3.79. The second-order valence-corrected chi connectivity index (χ2v) is 3.23. The summed E-state index contributed by atoms with van der Waals surface area (Å²) >= 11 is 0. The Balaban J connectivity index is 0.000000405. The average molecular weight is 116 g/mol. The maximum absolute atomic E-state index is 1.87. The summed E-state index contributed by atoms with van der Waals surface area (Å²) in [6.45, 7) is 0. The fourth-order valence-corrected chi connectivity index (χ4v) is 2.03. The molecule has 0 amide bonds. The van der Waals surface area contributed by atoms with Crippen LogP contribution in [-0.2, 0) is 0 Å². The van der Waals surface area contributed by atoms with Crippen molar-refractivity contribution < 1.29 is 18.9 Å². The Morgan fingerprint density at radius 2 is 1.33 bits per heavy atom.